The highest BCUT2D eigenvalue weighted by Gasteiger charge is 1.93. The number of nitrogens with one attached hydrogen (secondary N) is 1. The molecule has 1 aromatic rings. The maximum Gasteiger partial charge on any atom is 0.0307 e. The Hall–Kier alpha value is -0.470. The predicted molar refractivity (Wildman–Crippen MR) is 49.4 cm³/mol. The van der Waals surface area contributed by atoms with Crippen LogP contribution in [0.2, 0.25) is 0 Å². The van der Waals surface area contributed by atoms with Gasteiger partial charge < -0.3 is 0 Å². The summed E-state index contributed by atoms with van der Waals surface area (Å²) in [5, 5.41) is 0. The van der Waals surface area contributed by atoms with Crippen LogP contribution < -0.4 is 4.72 Å². The van der Waals surface area contributed by atoms with Gasteiger partial charge in [-0.15, -0.1) is 0 Å². The number of hydrogen-bond acceptors (Lipinski definition) is 2. The fourth-order valence-electron chi connectivity index (χ4n) is 0.622. The van der Waals surface area contributed by atoms with Gasteiger partial charge in [-0.25, -0.2) is 0 Å². The van der Waals surface area contributed by atoms with E-state index < -0.39 is 0 Å². The van der Waals surface area contributed by atoms with Gasteiger partial charge in [0.1, 0.15) is 0 Å². The van der Waals surface area contributed by atoms with Gasteiger partial charge in [0.15, 0.2) is 0 Å². The molecular formula is C9H12NS. The average molecular weight is 166 g/mol. The van der Waals surface area contributed by atoms with Crippen molar-refractivity contribution >= 4 is 11.9 Å². The molecule has 0 unspecified atom stereocenters. The van der Waals surface area contributed by atoms with Crippen LogP contribution in [0.1, 0.15) is 13.8 Å². The van der Waals surface area contributed by atoms with Crippen molar-refractivity contribution in [3.63, 3.8) is 0 Å². The lowest BCUT2D eigenvalue weighted by molar-refractivity contribution is 0.771. The fourth-order valence-corrected chi connectivity index (χ4v) is 1.26. The fraction of sp³-hybridized carbons (Fsp3) is 0.333. The lowest BCUT2D eigenvalue weighted by Gasteiger charge is -2.05. The molecule has 11 heavy (non-hydrogen) atoms. The first-order valence-electron chi connectivity index (χ1n) is 3.68. The Morgan fingerprint density at radius 3 is 2.82 bits per heavy atom. The molecule has 1 N–H and O–H groups in total. The minimum atomic E-state index is 0.508. The topological polar surface area (TPSA) is 12.0 Å². The third-order valence-corrected chi connectivity index (χ3v) is 2.15. The van der Waals surface area contributed by atoms with Crippen molar-refractivity contribution in [1.82, 2.24) is 4.72 Å². The smallest absolute Gasteiger partial charge is 0.0307 e. The zero-order chi connectivity index (χ0) is 8.10. The van der Waals surface area contributed by atoms with Gasteiger partial charge in [-0.1, -0.05) is 18.2 Å². The Kier molecular flexibility index (Phi) is 3.46. The molecule has 0 aliphatic rings. The summed E-state index contributed by atoms with van der Waals surface area (Å²) < 4.78 is 3.25. The molecule has 0 saturated heterocycles. The molecule has 1 rings (SSSR count). The molecular weight excluding hydrogens is 154 g/mol. The minimum Gasteiger partial charge on any atom is -0.257 e. The molecule has 0 amide bonds. The molecule has 0 aromatic heterocycles. The summed E-state index contributed by atoms with van der Waals surface area (Å²) in [5.41, 5.74) is 0. The molecule has 0 heterocycles. The van der Waals surface area contributed by atoms with Gasteiger partial charge in [0.25, 0.3) is 0 Å². The zero-order valence-corrected chi connectivity index (χ0v) is 7.61. The van der Waals surface area contributed by atoms with Crippen LogP contribution in [0.3, 0.4) is 0 Å². The van der Waals surface area contributed by atoms with Gasteiger partial charge in [-0.3, -0.25) is 4.72 Å². The van der Waals surface area contributed by atoms with Crippen LogP contribution in [0.15, 0.2) is 29.2 Å². The number of rotatable bonds is 3. The molecule has 1 radical (unpaired) electrons. The first-order valence-corrected chi connectivity index (χ1v) is 4.50. The second-order valence-corrected chi connectivity index (χ2v) is 3.48. The van der Waals surface area contributed by atoms with E-state index in [4.69, 9.17) is 0 Å². The van der Waals surface area contributed by atoms with E-state index in [-0.39, 0.29) is 0 Å². The quantitative estimate of drug-likeness (QED) is 0.692. The summed E-state index contributed by atoms with van der Waals surface area (Å²) in [5.74, 6) is 0. The van der Waals surface area contributed by atoms with Crippen LogP contribution in [0.5, 0.6) is 0 Å². The Bertz CT molecular complexity index is 196. The Morgan fingerprint density at radius 2 is 2.27 bits per heavy atom. The summed E-state index contributed by atoms with van der Waals surface area (Å²) in [4.78, 5) is 1.14. The van der Waals surface area contributed by atoms with E-state index in [1.54, 1.807) is 11.9 Å². The van der Waals surface area contributed by atoms with Gasteiger partial charge in [0, 0.05) is 10.9 Å². The molecule has 0 atom stereocenters. The Balaban J connectivity index is 2.39. The molecule has 0 saturated carbocycles. The highest BCUT2D eigenvalue weighted by Crippen LogP contribution is 2.12. The van der Waals surface area contributed by atoms with E-state index in [9.17, 15) is 0 Å². The van der Waals surface area contributed by atoms with Gasteiger partial charge in [0.2, 0.25) is 0 Å². The number of hydrogen-bond donors (Lipinski definition) is 1. The second-order valence-electron chi connectivity index (χ2n) is 2.60. The van der Waals surface area contributed by atoms with Gasteiger partial charge >= 0.3 is 0 Å². The standard InChI is InChI=1S/C9H12NS/c1-8(2)10-11-9-6-4-3-5-7-9/h3-6,8,10H,1-2H3. The third kappa shape index (κ3) is 3.44. The van der Waals surface area contributed by atoms with Crippen molar-refractivity contribution in [2.75, 3.05) is 0 Å². The third-order valence-electron chi connectivity index (χ3n) is 1.09. The van der Waals surface area contributed by atoms with Crippen LogP contribution in [0.4, 0.5) is 0 Å². The first-order chi connectivity index (χ1) is 5.29. The normalized spacial score (nSPS) is 10.5. The predicted octanol–water partition coefficient (Wildman–Crippen LogP) is 2.49. The van der Waals surface area contributed by atoms with Crippen LogP contribution in [-0.2, 0) is 0 Å². The molecule has 1 aromatic carbocycles. The van der Waals surface area contributed by atoms with Crippen molar-refractivity contribution < 1.29 is 0 Å². The van der Waals surface area contributed by atoms with E-state index in [0.717, 1.165) is 4.90 Å². The van der Waals surface area contributed by atoms with Crippen LogP contribution in [-0.4, -0.2) is 6.04 Å². The Morgan fingerprint density at radius 1 is 1.45 bits per heavy atom. The molecule has 0 spiro atoms. The molecule has 0 fully saturated rings. The van der Waals surface area contributed by atoms with Crippen molar-refractivity contribution in [3.05, 3.63) is 30.3 Å². The van der Waals surface area contributed by atoms with E-state index in [1.165, 1.54) is 0 Å². The number of benzene rings is 1. The molecule has 1 nitrogen and oxygen atoms in total. The molecule has 0 aliphatic carbocycles. The van der Waals surface area contributed by atoms with E-state index in [2.05, 4.69) is 24.6 Å². The van der Waals surface area contributed by atoms with Crippen molar-refractivity contribution in [2.45, 2.75) is 24.8 Å². The molecule has 2 heteroatoms. The lowest BCUT2D eigenvalue weighted by atomic mass is 10.4. The van der Waals surface area contributed by atoms with E-state index in [0.29, 0.717) is 6.04 Å². The first kappa shape index (κ1) is 8.62. The Labute approximate surface area is 72.3 Å². The average Bonchev–Trinajstić information content (AvgIpc) is 2.03. The highest BCUT2D eigenvalue weighted by atomic mass is 32.2. The SMILES string of the molecule is CC(C)NSc1[c]cccc1. The summed E-state index contributed by atoms with van der Waals surface area (Å²) in [6.07, 6.45) is 0. The summed E-state index contributed by atoms with van der Waals surface area (Å²) in [6, 6.07) is 11.6. The summed E-state index contributed by atoms with van der Waals surface area (Å²) in [7, 11) is 0. The van der Waals surface area contributed by atoms with Crippen molar-refractivity contribution in [1.29, 1.82) is 0 Å². The van der Waals surface area contributed by atoms with Crippen molar-refractivity contribution in [2.24, 2.45) is 0 Å². The molecule has 59 valence electrons. The molecule has 0 bridgehead atoms. The minimum absolute atomic E-state index is 0.508. The van der Waals surface area contributed by atoms with E-state index in [1.807, 2.05) is 24.3 Å². The van der Waals surface area contributed by atoms with Crippen LogP contribution in [0.25, 0.3) is 0 Å². The summed E-state index contributed by atoms with van der Waals surface area (Å²) >= 11 is 1.62. The lowest BCUT2D eigenvalue weighted by Crippen LogP contribution is -2.13. The maximum absolute atomic E-state index is 3.25. The highest BCUT2D eigenvalue weighted by molar-refractivity contribution is 7.97. The van der Waals surface area contributed by atoms with Crippen LogP contribution in [0, 0.1) is 6.07 Å². The van der Waals surface area contributed by atoms with Crippen LogP contribution >= 0.6 is 11.9 Å². The van der Waals surface area contributed by atoms with Crippen molar-refractivity contribution in [3.8, 4) is 0 Å². The largest absolute Gasteiger partial charge is 0.257 e. The summed E-state index contributed by atoms with van der Waals surface area (Å²) in [6.45, 7) is 4.24. The van der Waals surface area contributed by atoms with Gasteiger partial charge in [-0.05, 0) is 37.9 Å². The molecule has 0 aliphatic heterocycles. The second kappa shape index (κ2) is 4.42. The maximum atomic E-state index is 3.25. The van der Waals surface area contributed by atoms with Gasteiger partial charge in [-0.2, -0.15) is 0 Å². The zero-order valence-electron chi connectivity index (χ0n) is 6.79. The van der Waals surface area contributed by atoms with E-state index >= 15 is 0 Å². The monoisotopic (exact) mass is 166 g/mol. The van der Waals surface area contributed by atoms with Gasteiger partial charge in [0.05, 0.1) is 0 Å².